The van der Waals surface area contributed by atoms with Crippen LogP contribution in [0.25, 0.3) is 0 Å². The number of rotatable bonds is 1. The van der Waals surface area contributed by atoms with Crippen LogP contribution in [-0.4, -0.2) is 47.6 Å². The first-order valence-electron chi connectivity index (χ1n) is 6.57. The van der Waals surface area contributed by atoms with Gasteiger partial charge in [-0.05, 0) is 25.8 Å². The third kappa shape index (κ3) is 2.05. The van der Waals surface area contributed by atoms with E-state index in [9.17, 15) is 0 Å². The highest BCUT2D eigenvalue weighted by Gasteiger charge is 2.43. The Bertz CT molecular complexity index is 317. The third-order valence-corrected chi connectivity index (χ3v) is 4.87. The molecular weight excluding hydrogens is 212 g/mol. The minimum atomic E-state index is 0.211. The Morgan fingerprint density at radius 1 is 1.18 bits per heavy atom. The van der Waals surface area contributed by atoms with Crippen molar-refractivity contribution in [1.82, 2.24) is 9.80 Å². The van der Waals surface area contributed by atoms with Crippen LogP contribution in [0, 0.1) is 5.41 Å². The summed E-state index contributed by atoms with van der Waals surface area (Å²) in [6.07, 6.45) is 0. The predicted octanol–water partition coefficient (Wildman–Crippen LogP) is 2.30. The largest absolute Gasteiger partial charge is 0.477 e. The van der Waals surface area contributed by atoms with Crippen LogP contribution in [0.3, 0.4) is 0 Å². The highest BCUT2D eigenvalue weighted by Crippen LogP contribution is 2.37. The number of nitrogens with zero attached hydrogens (tertiary/aromatic N) is 2. The van der Waals surface area contributed by atoms with Crippen molar-refractivity contribution in [1.29, 1.82) is 0 Å². The van der Waals surface area contributed by atoms with E-state index in [0.29, 0.717) is 6.04 Å². The minimum absolute atomic E-state index is 0.211. The number of piperazine rings is 1. The number of hydrogen-bond donors (Lipinski definition) is 0. The molecule has 2 fully saturated rings. The van der Waals surface area contributed by atoms with Gasteiger partial charge in [0.05, 0.1) is 6.04 Å². The Morgan fingerprint density at radius 2 is 1.82 bits per heavy atom. The molecular formula is C14H26N2O. The summed E-state index contributed by atoms with van der Waals surface area (Å²) in [5.74, 6) is 0.864. The van der Waals surface area contributed by atoms with E-state index < -0.39 is 0 Å². The molecule has 0 bridgehead atoms. The van der Waals surface area contributed by atoms with E-state index in [4.69, 9.17) is 4.74 Å². The molecule has 2 saturated heterocycles. The highest BCUT2D eigenvalue weighted by atomic mass is 16.5. The summed E-state index contributed by atoms with van der Waals surface area (Å²) in [6.45, 7) is 19.7. The lowest BCUT2D eigenvalue weighted by Crippen LogP contribution is -2.61. The number of ether oxygens (including phenoxy) is 1. The Kier molecular flexibility index (Phi) is 2.93. The van der Waals surface area contributed by atoms with Crippen molar-refractivity contribution >= 4 is 0 Å². The van der Waals surface area contributed by atoms with Crippen molar-refractivity contribution in [3.05, 3.63) is 12.5 Å². The fraction of sp³-hybridized carbons (Fsp3) is 0.857. The smallest absolute Gasteiger partial charge is 0.182 e. The SMILES string of the molecule is C=C1OC[C@H]2CN(C(C)(C)C(C)(C)C)CCN12. The van der Waals surface area contributed by atoms with Gasteiger partial charge in [-0.15, -0.1) is 0 Å². The standard InChI is InChI=1S/C14H26N2O/c1-11-16-8-7-15(9-12(16)10-17-11)14(5,6)13(2,3)4/h12H,1,7-10H2,2-6H3/t12-/m1/s1. The van der Waals surface area contributed by atoms with Gasteiger partial charge in [-0.25, -0.2) is 0 Å². The van der Waals surface area contributed by atoms with Crippen molar-refractivity contribution in [2.24, 2.45) is 5.41 Å². The molecule has 17 heavy (non-hydrogen) atoms. The highest BCUT2D eigenvalue weighted by molar-refractivity contribution is 5.03. The summed E-state index contributed by atoms with van der Waals surface area (Å²) in [7, 11) is 0. The predicted molar refractivity (Wildman–Crippen MR) is 70.7 cm³/mol. The molecule has 3 heteroatoms. The summed E-state index contributed by atoms with van der Waals surface area (Å²) < 4.78 is 5.55. The molecule has 2 aliphatic heterocycles. The molecule has 0 aromatic rings. The lowest BCUT2D eigenvalue weighted by Gasteiger charge is -2.51. The molecule has 0 N–H and O–H groups in total. The Balaban J connectivity index is 2.09. The van der Waals surface area contributed by atoms with Gasteiger partial charge < -0.3 is 9.64 Å². The average Bonchev–Trinajstić information content (AvgIpc) is 2.58. The maximum absolute atomic E-state index is 5.55. The summed E-state index contributed by atoms with van der Waals surface area (Å²) >= 11 is 0. The molecule has 2 heterocycles. The lowest BCUT2D eigenvalue weighted by molar-refractivity contribution is -0.0186. The van der Waals surface area contributed by atoms with E-state index in [1.807, 2.05) is 0 Å². The van der Waals surface area contributed by atoms with Crippen LogP contribution in [0.2, 0.25) is 0 Å². The van der Waals surface area contributed by atoms with Crippen molar-refractivity contribution in [2.45, 2.75) is 46.2 Å². The molecule has 0 aromatic carbocycles. The van der Waals surface area contributed by atoms with Gasteiger partial charge in [-0.2, -0.15) is 0 Å². The first kappa shape index (κ1) is 12.7. The molecule has 0 saturated carbocycles. The van der Waals surface area contributed by atoms with Crippen molar-refractivity contribution in [3.8, 4) is 0 Å². The minimum Gasteiger partial charge on any atom is -0.477 e. The fourth-order valence-corrected chi connectivity index (χ4v) is 2.58. The van der Waals surface area contributed by atoms with Gasteiger partial charge in [0.15, 0.2) is 5.88 Å². The molecule has 0 radical (unpaired) electrons. The molecule has 2 rings (SSSR count). The average molecular weight is 238 g/mol. The maximum Gasteiger partial charge on any atom is 0.182 e. The molecule has 98 valence electrons. The van der Waals surface area contributed by atoms with E-state index in [0.717, 1.165) is 32.1 Å². The van der Waals surface area contributed by atoms with Crippen molar-refractivity contribution in [2.75, 3.05) is 26.2 Å². The molecule has 0 unspecified atom stereocenters. The molecule has 0 aliphatic carbocycles. The van der Waals surface area contributed by atoms with Crippen molar-refractivity contribution in [3.63, 3.8) is 0 Å². The zero-order chi connectivity index (χ0) is 12.8. The van der Waals surface area contributed by atoms with Gasteiger partial charge in [0, 0.05) is 25.2 Å². The summed E-state index contributed by atoms with van der Waals surface area (Å²) in [4.78, 5) is 4.92. The topological polar surface area (TPSA) is 15.7 Å². The van der Waals surface area contributed by atoms with E-state index in [1.165, 1.54) is 0 Å². The van der Waals surface area contributed by atoms with Crippen LogP contribution in [0.5, 0.6) is 0 Å². The van der Waals surface area contributed by atoms with Crippen LogP contribution < -0.4 is 0 Å². The third-order valence-electron chi connectivity index (χ3n) is 4.87. The number of fused-ring (bicyclic) bond motifs is 1. The van der Waals surface area contributed by atoms with Gasteiger partial charge in [0.25, 0.3) is 0 Å². The van der Waals surface area contributed by atoms with Gasteiger partial charge in [0.2, 0.25) is 0 Å². The van der Waals surface area contributed by atoms with E-state index >= 15 is 0 Å². The quantitative estimate of drug-likeness (QED) is 0.697. The second kappa shape index (κ2) is 3.91. The van der Waals surface area contributed by atoms with Gasteiger partial charge in [-0.3, -0.25) is 4.90 Å². The van der Waals surface area contributed by atoms with Gasteiger partial charge in [0.1, 0.15) is 6.61 Å². The molecule has 0 spiro atoms. The van der Waals surface area contributed by atoms with E-state index in [-0.39, 0.29) is 11.0 Å². The van der Waals surface area contributed by atoms with E-state index in [2.05, 4.69) is 51.0 Å². The van der Waals surface area contributed by atoms with Crippen LogP contribution in [0.15, 0.2) is 12.5 Å². The fourth-order valence-electron chi connectivity index (χ4n) is 2.58. The lowest BCUT2D eigenvalue weighted by atomic mass is 9.74. The first-order chi connectivity index (χ1) is 7.73. The molecule has 3 nitrogen and oxygen atoms in total. The molecule has 2 aliphatic rings. The Morgan fingerprint density at radius 3 is 2.41 bits per heavy atom. The van der Waals surface area contributed by atoms with Crippen LogP contribution in [0.1, 0.15) is 34.6 Å². The molecule has 0 aromatic heterocycles. The van der Waals surface area contributed by atoms with Crippen LogP contribution in [0.4, 0.5) is 0 Å². The zero-order valence-electron chi connectivity index (χ0n) is 11.9. The molecule has 1 atom stereocenters. The first-order valence-corrected chi connectivity index (χ1v) is 6.57. The molecule has 0 amide bonds. The van der Waals surface area contributed by atoms with E-state index in [1.54, 1.807) is 0 Å². The van der Waals surface area contributed by atoms with Crippen molar-refractivity contribution < 1.29 is 4.74 Å². The van der Waals surface area contributed by atoms with Crippen LogP contribution in [-0.2, 0) is 4.74 Å². The van der Waals surface area contributed by atoms with Crippen LogP contribution >= 0.6 is 0 Å². The second-order valence-electron chi connectivity index (χ2n) is 6.81. The summed E-state index contributed by atoms with van der Waals surface area (Å²) in [6, 6.07) is 0.498. The summed E-state index contributed by atoms with van der Waals surface area (Å²) in [5, 5.41) is 0. The maximum atomic E-state index is 5.55. The zero-order valence-corrected chi connectivity index (χ0v) is 11.9. The second-order valence-corrected chi connectivity index (χ2v) is 6.81. The monoisotopic (exact) mass is 238 g/mol. The summed E-state index contributed by atoms with van der Waals surface area (Å²) in [5.41, 5.74) is 0.495. The van der Waals surface area contributed by atoms with Gasteiger partial charge in [-0.1, -0.05) is 20.8 Å². The normalized spacial score (nSPS) is 27.0. The Labute approximate surface area is 105 Å². The van der Waals surface area contributed by atoms with Gasteiger partial charge >= 0.3 is 0 Å². The number of hydrogen-bond acceptors (Lipinski definition) is 3. The Hall–Kier alpha value is -0.700.